The van der Waals surface area contributed by atoms with Gasteiger partial charge in [0.1, 0.15) is 6.20 Å². The molecule has 0 spiro atoms. The van der Waals surface area contributed by atoms with Crippen LogP contribution in [-0.4, -0.2) is 17.6 Å². The van der Waals surface area contributed by atoms with Gasteiger partial charge in [0.25, 0.3) is 0 Å². The molecule has 3 nitrogen and oxygen atoms in total. The number of nitrogens with zero attached hydrogens (tertiary/aromatic N) is 3. The van der Waals surface area contributed by atoms with Crippen LogP contribution in [0.4, 0.5) is 19.1 Å². The summed E-state index contributed by atoms with van der Waals surface area (Å²) in [6.07, 6.45) is -2.38. The van der Waals surface area contributed by atoms with Gasteiger partial charge in [-0.05, 0) is 13.8 Å². The van der Waals surface area contributed by atoms with Gasteiger partial charge in [0.2, 0.25) is 0 Å². The number of hydrogen-bond donors (Lipinski definition) is 0. The molecule has 0 N–H and O–H groups in total. The second-order valence-electron chi connectivity index (χ2n) is 4.42. The highest BCUT2D eigenvalue weighted by atomic mass is 19.4. The molecule has 2 rings (SSSR count). The highest BCUT2D eigenvalue weighted by Gasteiger charge is 2.40. The van der Waals surface area contributed by atoms with Gasteiger partial charge in [0.15, 0.2) is 5.69 Å². The lowest BCUT2D eigenvalue weighted by atomic mass is 10.2. The largest absolute Gasteiger partial charge is 0.446 e. The van der Waals surface area contributed by atoms with Crippen LogP contribution in [0.25, 0.3) is 0 Å². The molecule has 0 saturated heterocycles. The summed E-state index contributed by atoms with van der Waals surface area (Å²) < 4.78 is 39.8. The first-order valence-corrected chi connectivity index (χ1v) is 5.64. The predicted molar refractivity (Wildman–Crippen MR) is 56.5 cm³/mol. The summed E-state index contributed by atoms with van der Waals surface area (Å²) in [6, 6.07) is 1.19. The van der Waals surface area contributed by atoms with Gasteiger partial charge in [-0.2, -0.15) is 13.2 Å². The summed E-state index contributed by atoms with van der Waals surface area (Å²) in [5, 5.41) is 0. The third-order valence-electron chi connectivity index (χ3n) is 2.91. The molecule has 0 fully saturated rings. The van der Waals surface area contributed by atoms with E-state index in [-0.39, 0.29) is 6.04 Å². The molecule has 0 aliphatic carbocycles. The van der Waals surface area contributed by atoms with Gasteiger partial charge < -0.3 is 0 Å². The molecular weight excluding hydrogens is 231 g/mol. The molecule has 1 aromatic rings. The number of halogens is 3. The minimum absolute atomic E-state index is 0.150. The second kappa shape index (κ2) is 4.16. The Balaban J connectivity index is 2.51. The third kappa shape index (κ3) is 2.21. The molecule has 2 heterocycles. The Bertz CT molecular complexity index is 415. The van der Waals surface area contributed by atoms with Crippen molar-refractivity contribution in [3.8, 4) is 0 Å². The lowest BCUT2D eigenvalue weighted by Gasteiger charge is -2.27. The van der Waals surface area contributed by atoms with Crippen LogP contribution >= 0.6 is 0 Å². The van der Waals surface area contributed by atoms with E-state index in [0.29, 0.717) is 18.9 Å². The van der Waals surface area contributed by atoms with Crippen molar-refractivity contribution in [2.75, 3.05) is 11.4 Å². The smallest absolute Gasteiger partial charge is 0.259 e. The Morgan fingerprint density at radius 3 is 2.71 bits per heavy atom. The van der Waals surface area contributed by atoms with Crippen LogP contribution in [0.15, 0.2) is 12.3 Å². The van der Waals surface area contributed by atoms with E-state index >= 15 is 0 Å². The van der Waals surface area contributed by atoms with Gasteiger partial charge in [0, 0.05) is 12.5 Å². The van der Waals surface area contributed by atoms with E-state index in [9.17, 15) is 13.2 Å². The highest BCUT2D eigenvalue weighted by Crippen LogP contribution is 2.28. The first-order chi connectivity index (χ1) is 7.91. The van der Waals surface area contributed by atoms with E-state index in [1.54, 1.807) is 0 Å². The van der Waals surface area contributed by atoms with Crippen LogP contribution < -0.4 is 9.47 Å². The van der Waals surface area contributed by atoms with Crippen molar-refractivity contribution in [2.24, 2.45) is 0 Å². The zero-order valence-electron chi connectivity index (χ0n) is 9.83. The number of aromatic nitrogens is 2. The minimum Gasteiger partial charge on any atom is -0.259 e. The molecule has 1 aliphatic heterocycles. The number of fused-ring (bicyclic) bond motifs is 1. The van der Waals surface area contributed by atoms with Gasteiger partial charge >= 0.3 is 12.1 Å². The summed E-state index contributed by atoms with van der Waals surface area (Å²) in [5.41, 5.74) is -0.618. The normalized spacial score (nSPS) is 16.2. The molecule has 1 aliphatic rings. The summed E-state index contributed by atoms with van der Waals surface area (Å²) in [4.78, 5) is 5.99. The van der Waals surface area contributed by atoms with Crippen molar-refractivity contribution in [3.05, 3.63) is 18.0 Å². The van der Waals surface area contributed by atoms with Gasteiger partial charge in [-0.1, -0.05) is 4.98 Å². The lowest BCUT2D eigenvalue weighted by molar-refractivity contribution is -0.709. The van der Waals surface area contributed by atoms with Crippen molar-refractivity contribution in [1.29, 1.82) is 0 Å². The molecule has 0 bridgehead atoms. The molecule has 0 atom stereocenters. The summed E-state index contributed by atoms with van der Waals surface area (Å²) in [6.45, 7) is 5.04. The number of hydrogen-bond acceptors (Lipinski definition) is 2. The van der Waals surface area contributed by atoms with E-state index in [4.69, 9.17) is 0 Å². The van der Waals surface area contributed by atoms with Crippen molar-refractivity contribution in [1.82, 2.24) is 4.98 Å². The third-order valence-corrected chi connectivity index (χ3v) is 2.91. The quantitative estimate of drug-likeness (QED) is 0.706. The fraction of sp³-hybridized carbons (Fsp3) is 0.636. The molecule has 6 heteroatoms. The number of alkyl halides is 3. The Labute approximate surface area is 97.9 Å². The zero-order chi connectivity index (χ0) is 12.6. The Morgan fingerprint density at radius 2 is 2.12 bits per heavy atom. The summed E-state index contributed by atoms with van der Waals surface area (Å²) in [7, 11) is 0. The van der Waals surface area contributed by atoms with E-state index in [0.717, 1.165) is 12.6 Å². The average molecular weight is 246 g/mol. The SMILES string of the molecule is CC(C)N1CCC[n+]2c(C(F)(F)F)ccnc21. The Hall–Kier alpha value is -1.33. The molecule has 17 heavy (non-hydrogen) atoms. The Morgan fingerprint density at radius 1 is 1.41 bits per heavy atom. The average Bonchev–Trinajstić information content (AvgIpc) is 2.26. The van der Waals surface area contributed by atoms with Crippen molar-refractivity contribution >= 4 is 5.95 Å². The first kappa shape index (κ1) is 12.1. The second-order valence-corrected chi connectivity index (χ2v) is 4.42. The monoisotopic (exact) mass is 246 g/mol. The lowest BCUT2D eigenvalue weighted by Crippen LogP contribution is -2.54. The fourth-order valence-electron chi connectivity index (χ4n) is 2.13. The van der Waals surface area contributed by atoms with E-state index in [2.05, 4.69) is 4.98 Å². The molecule has 0 saturated carbocycles. The standard InChI is InChI=1S/C11H15F3N3/c1-8(2)16-6-3-7-17-9(11(12,13)14)4-5-15-10(16)17/h4-5,8H,3,6-7H2,1-2H3/q+1. The van der Waals surface area contributed by atoms with Crippen LogP contribution in [0.2, 0.25) is 0 Å². The molecule has 0 aromatic carbocycles. The molecule has 1 aromatic heterocycles. The molecule has 0 radical (unpaired) electrons. The number of rotatable bonds is 1. The number of anilines is 1. The van der Waals surface area contributed by atoms with Gasteiger partial charge in [-0.15, -0.1) is 0 Å². The van der Waals surface area contributed by atoms with Crippen molar-refractivity contribution in [3.63, 3.8) is 0 Å². The van der Waals surface area contributed by atoms with Crippen LogP contribution in [0.1, 0.15) is 26.0 Å². The van der Waals surface area contributed by atoms with Crippen molar-refractivity contribution < 1.29 is 17.7 Å². The first-order valence-electron chi connectivity index (χ1n) is 5.64. The highest BCUT2D eigenvalue weighted by molar-refractivity contribution is 5.26. The van der Waals surface area contributed by atoms with Gasteiger partial charge in [0.05, 0.1) is 19.1 Å². The van der Waals surface area contributed by atoms with Gasteiger partial charge in [-0.3, -0.25) is 4.90 Å². The zero-order valence-corrected chi connectivity index (χ0v) is 9.83. The van der Waals surface area contributed by atoms with E-state index in [1.807, 2.05) is 18.7 Å². The molecule has 0 unspecified atom stereocenters. The fourth-order valence-corrected chi connectivity index (χ4v) is 2.13. The maximum Gasteiger partial charge on any atom is 0.446 e. The maximum absolute atomic E-state index is 12.8. The predicted octanol–water partition coefficient (Wildman–Crippen LogP) is 2.01. The van der Waals surface area contributed by atoms with Gasteiger partial charge in [-0.25, -0.2) is 4.57 Å². The molecule has 94 valence electrons. The summed E-state index contributed by atoms with van der Waals surface area (Å²) >= 11 is 0. The van der Waals surface area contributed by atoms with E-state index < -0.39 is 11.9 Å². The maximum atomic E-state index is 12.8. The van der Waals surface area contributed by atoms with Crippen LogP contribution in [0.3, 0.4) is 0 Å². The van der Waals surface area contributed by atoms with E-state index in [1.165, 1.54) is 10.8 Å². The van der Waals surface area contributed by atoms with Crippen LogP contribution in [0.5, 0.6) is 0 Å². The van der Waals surface area contributed by atoms with Crippen LogP contribution in [0, 0.1) is 0 Å². The summed E-state index contributed by atoms with van der Waals surface area (Å²) in [5.74, 6) is 0.418. The molecular formula is C11H15F3N3+. The van der Waals surface area contributed by atoms with Crippen molar-refractivity contribution in [2.45, 2.75) is 39.0 Å². The van der Waals surface area contributed by atoms with Crippen LogP contribution in [-0.2, 0) is 12.7 Å². The minimum atomic E-state index is -4.32. The topological polar surface area (TPSA) is 20.0 Å². The Kier molecular flexibility index (Phi) is 2.97. The molecule has 0 amide bonds.